The van der Waals surface area contributed by atoms with Crippen molar-refractivity contribution in [3.8, 4) is 0 Å². The second kappa shape index (κ2) is 5.09. The molecule has 2 heteroatoms. The van der Waals surface area contributed by atoms with Crippen LogP contribution in [0.2, 0.25) is 0 Å². The maximum Gasteiger partial charge on any atom is 0.152 e. The number of nitrogens with zero attached hydrogens (tertiary/aromatic N) is 1. The first-order chi connectivity index (χ1) is 7.60. The number of piperidine rings is 1. The number of ketones is 1. The summed E-state index contributed by atoms with van der Waals surface area (Å²) in [6, 6.07) is 0. The van der Waals surface area contributed by atoms with E-state index in [9.17, 15) is 4.79 Å². The van der Waals surface area contributed by atoms with Gasteiger partial charge in [-0.3, -0.25) is 9.69 Å². The fourth-order valence-corrected chi connectivity index (χ4v) is 2.40. The monoisotopic (exact) mass is 239 g/mol. The van der Waals surface area contributed by atoms with Crippen LogP contribution in [-0.4, -0.2) is 30.3 Å². The zero-order valence-electron chi connectivity index (χ0n) is 12.5. The van der Waals surface area contributed by atoms with Gasteiger partial charge in [0.05, 0.1) is 6.54 Å². The molecule has 0 radical (unpaired) electrons. The van der Waals surface area contributed by atoms with Crippen molar-refractivity contribution in [2.24, 2.45) is 16.7 Å². The molecule has 17 heavy (non-hydrogen) atoms. The van der Waals surface area contributed by atoms with E-state index in [0.717, 1.165) is 19.0 Å². The quantitative estimate of drug-likeness (QED) is 0.736. The predicted octanol–water partition coefficient (Wildman–Crippen LogP) is 3.36. The van der Waals surface area contributed by atoms with Crippen LogP contribution in [0, 0.1) is 16.7 Å². The van der Waals surface area contributed by atoms with Gasteiger partial charge in [0.2, 0.25) is 0 Å². The first kappa shape index (κ1) is 14.7. The molecule has 0 saturated carbocycles. The molecule has 1 fully saturated rings. The minimum absolute atomic E-state index is 0.194. The summed E-state index contributed by atoms with van der Waals surface area (Å²) in [5.74, 6) is 1.18. The highest BCUT2D eigenvalue weighted by Crippen LogP contribution is 2.34. The Morgan fingerprint density at radius 1 is 1.06 bits per heavy atom. The Hall–Kier alpha value is -0.370. The fourth-order valence-electron chi connectivity index (χ4n) is 2.40. The zero-order valence-corrected chi connectivity index (χ0v) is 12.5. The van der Waals surface area contributed by atoms with Gasteiger partial charge >= 0.3 is 0 Å². The van der Waals surface area contributed by atoms with Gasteiger partial charge in [-0.25, -0.2) is 0 Å². The van der Waals surface area contributed by atoms with Gasteiger partial charge in [-0.2, -0.15) is 0 Å². The molecule has 0 atom stereocenters. The Balaban J connectivity index is 2.41. The van der Waals surface area contributed by atoms with Gasteiger partial charge in [0.15, 0.2) is 5.78 Å². The molecular weight excluding hydrogens is 210 g/mol. The van der Waals surface area contributed by atoms with Crippen LogP contribution in [0.25, 0.3) is 0 Å². The highest BCUT2D eigenvalue weighted by Gasteiger charge is 2.30. The standard InChI is InChI=1S/C15H29NO/c1-14(2,3)12-7-9-16(10-8-12)11-13(17)15(4,5)6/h12H,7-11H2,1-6H3. The van der Waals surface area contributed by atoms with E-state index in [1.165, 1.54) is 12.8 Å². The van der Waals surface area contributed by atoms with Gasteiger partial charge in [-0.1, -0.05) is 41.5 Å². The lowest BCUT2D eigenvalue weighted by atomic mass is 9.75. The minimum atomic E-state index is -0.194. The Morgan fingerprint density at radius 3 is 1.88 bits per heavy atom. The SMILES string of the molecule is CC(C)(C)C(=O)CN1CCC(C(C)(C)C)CC1. The van der Waals surface area contributed by atoms with Gasteiger partial charge in [0.1, 0.15) is 0 Å². The third-order valence-corrected chi connectivity index (χ3v) is 4.02. The second-order valence-electron chi connectivity index (χ2n) is 7.59. The van der Waals surface area contributed by atoms with Crippen LogP contribution in [0.3, 0.4) is 0 Å². The third kappa shape index (κ3) is 4.42. The molecule has 0 N–H and O–H groups in total. The lowest BCUT2D eigenvalue weighted by molar-refractivity contribution is -0.127. The molecule has 0 bridgehead atoms. The van der Waals surface area contributed by atoms with Crippen LogP contribution in [0.15, 0.2) is 0 Å². The maximum absolute atomic E-state index is 12.0. The number of carbonyl (C=O) groups is 1. The number of hydrogen-bond acceptors (Lipinski definition) is 2. The van der Waals surface area contributed by atoms with Crippen molar-refractivity contribution in [2.45, 2.75) is 54.4 Å². The smallest absolute Gasteiger partial charge is 0.152 e. The molecule has 1 aliphatic heterocycles. The molecule has 0 aliphatic carbocycles. The van der Waals surface area contributed by atoms with E-state index < -0.39 is 0 Å². The van der Waals surface area contributed by atoms with Gasteiger partial charge in [0.25, 0.3) is 0 Å². The molecule has 1 heterocycles. The zero-order chi connectivity index (χ0) is 13.3. The van der Waals surface area contributed by atoms with Crippen molar-refractivity contribution in [1.29, 1.82) is 0 Å². The number of Topliss-reactive ketones (excluding diaryl/α,β-unsaturated/α-hetero) is 1. The number of likely N-dealkylation sites (tertiary alicyclic amines) is 1. The Kier molecular flexibility index (Phi) is 4.40. The molecule has 100 valence electrons. The van der Waals surface area contributed by atoms with Gasteiger partial charge in [-0.15, -0.1) is 0 Å². The third-order valence-electron chi connectivity index (χ3n) is 4.02. The van der Waals surface area contributed by atoms with Gasteiger partial charge < -0.3 is 0 Å². The minimum Gasteiger partial charge on any atom is -0.298 e. The largest absolute Gasteiger partial charge is 0.298 e. The van der Waals surface area contributed by atoms with E-state index in [2.05, 4.69) is 25.7 Å². The molecule has 1 saturated heterocycles. The Bertz CT molecular complexity index is 262. The van der Waals surface area contributed by atoms with Crippen LogP contribution in [0.4, 0.5) is 0 Å². The van der Waals surface area contributed by atoms with Crippen molar-refractivity contribution >= 4 is 5.78 Å². The van der Waals surface area contributed by atoms with Crippen LogP contribution in [0.1, 0.15) is 54.4 Å². The van der Waals surface area contributed by atoms with Crippen molar-refractivity contribution in [1.82, 2.24) is 4.90 Å². The van der Waals surface area contributed by atoms with Gasteiger partial charge in [0, 0.05) is 5.41 Å². The summed E-state index contributed by atoms with van der Waals surface area (Å²) in [6.07, 6.45) is 2.47. The summed E-state index contributed by atoms with van der Waals surface area (Å²) in [5, 5.41) is 0. The van der Waals surface area contributed by atoms with E-state index in [4.69, 9.17) is 0 Å². The normalized spacial score (nSPS) is 20.6. The molecule has 0 aromatic heterocycles. The van der Waals surface area contributed by atoms with Crippen molar-refractivity contribution in [3.05, 3.63) is 0 Å². The topological polar surface area (TPSA) is 20.3 Å². The van der Waals surface area contributed by atoms with Crippen molar-refractivity contribution < 1.29 is 4.79 Å². The van der Waals surface area contributed by atoms with Gasteiger partial charge in [-0.05, 0) is 37.3 Å². The van der Waals surface area contributed by atoms with Crippen LogP contribution in [0.5, 0.6) is 0 Å². The van der Waals surface area contributed by atoms with E-state index >= 15 is 0 Å². The first-order valence-corrected chi connectivity index (χ1v) is 6.86. The predicted molar refractivity (Wildman–Crippen MR) is 73.1 cm³/mol. The lowest BCUT2D eigenvalue weighted by Crippen LogP contribution is -2.42. The summed E-state index contributed by atoms with van der Waals surface area (Å²) >= 11 is 0. The molecule has 1 aliphatic rings. The Morgan fingerprint density at radius 2 is 1.53 bits per heavy atom. The summed E-state index contributed by atoms with van der Waals surface area (Å²) in [7, 11) is 0. The first-order valence-electron chi connectivity index (χ1n) is 6.86. The fraction of sp³-hybridized carbons (Fsp3) is 0.933. The summed E-state index contributed by atoms with van der Waals surface area (Å²) < 4.78 is 0. The molecule has 0 spiro atoms. The average molecular weight is 239 g/mol. The summed E-state index contributed by atoms with van der Waals surface area (Å²) in [4.78, 5) is 14.3. The van der Waals surface area contributed by atoms with E-state index in [0.29, 0.717) is 17.7 Å². The van der Waals surface area contributed by atoms with Crippen LogP contribution >= 0.6 is 0 Å². The molecule has 0 amide bonds. The number of carbonyl (C=O) groups excluding carboxylic acids is 1. The van der Waals surface area contributed by atoms with Crippen molar-refractivity contribution in [3.63, 3.8) is 0 Å². The van der Waals surface area contributed by atoms with Crippen molar-refractivity contribution in [2.75, 3.05) is 19.6 Å². The highest BCUT2D eigenvalue weighted by atomic mass is 16.1. The van der Waals surface area contributed by atoms with E-state index in [1.807, 2.05) is 20.8 Å². The molecule has 0 aromatic carbocycles. The summed E-state index contributed by atoms with van der Waals surface area (Å²) in [6.45, 7) is 15.8. The van der Waals surface area contributed by atoms with E-state index in [-0.39, 0.29) is 5.41 Å². The van der Waals surface area contributed by atoms with Crippen LogP contribution < -0.4 is 0 Å². The number of hydrogen-bond donors (Lipinski definition) is 0. The number of rotatable bonds is 2. The van der Waals surface area contributed by atoms with Crippen LogP contribution in [-0.2, 0) is 4.79 Å². The van der Waals surface area contributed by atoms with E-state index in [1.54, 1.807) is 0 Å². The molecular formula is C15H29NO. The Labute approximate surface area is 107 Å². The lowest BCUT2D eigenvalue weighted by Gasteiger charge is -2.39. The average Bonchev–Trinajstić information content (AvgIpc) is 2.15. The molecule has 2 nitrogen and oxygen atoms in total. The summed E-state index contributed by atoms with van der Waals surface area (Å²) in [5.41, 5.74) is 0.223. The molecule has 1 rings (SSSR count). The molecule has 0 unspecified atom stereocenters. The second-order valence-corrected chi connectivity index (χ2v) is 7.59. The molecule has 0 aromatic rings. The highest BCUT2D eigenvalue weighted by molar-refractivity contribution is 5.85. The maximum atomic E-state index is 12.0.